The van der Waals surface area contributed by atoms with Crippen LogP contribution in [0.15, 0.2) is 36.4 Å². The summed E-state index contributed by atoms with van der Waals surface area (Å²) >= 11 is 0. The molecule has 138 valence electrons. The fourth-order valence-electron chi connectivity index (χ4n) is 3.00. The number of aryl methyl sites for hydroxylation is 1. The van der Waals surface area contributed by atoms with Gasteiger partial charge in [-0.2, -0.15) is 5.10 Å². The zero-order valence-electron chi connectivity index (χ0n) is 15.0. The Morgan fingerprint density at radius 3 is 2.81 bits per heavy atom. The van der Waals surface area contributed by atoms with Crippen molar-refractivity contribution in [3.8, 4) is 0 Å². The molecular formula is C19H24N4O3. The fourth-order valence-corrected chi connectivity index (χ4v) is 3.00. The number of methoxy groups -OCH3 is 1. The Balaban J connectivity index is 1.55. The zero-order chi connectivity index (χ0) is 18.4. The summed E-state index contributed by atoms with van der Waals surface area (Å²) in [7, 11) is 1.59. The van der Waals surface area contributed by atoms with Gasteiger partial charge in [-0.1, -0.05) is 30.3 Å². The molecule has 0 saturated heterocycles. The van der Waals surface area contributed by atoms with Crippen LogP contribution >= 0.6 is 0 Å². The number of nitrogens with zero attached hydrogens (tertiary/aromatic N) is 3. The summed E-state index contributed by atoms with van der Waals surface area (Å²) < 4.78 is 6.73. The standard InChI is InChI=1S/C19H24N4O3/c1-26-12-9-20-19(25)17-13-16-14-22(10-11-23(16)21-17)18(24)8-7-15-5-3-2-4-6-15/h2-6,13H,7-12,14H2,1H3,(H,20,25). The summed E-state index contributed by atoms with van der Waals surface area (Å²) in [5.41, 5.74) is 2.44. The summed E-state index contributed by atoms with van der Waals surface area (Å²) in [6, 6.07) is 11.8. The van der Waals surface area contributed by atoms with Crippen LogP contribution in [-0.4, -0.2) is 53.3 Å². The van der Waals surface area contributed by atoms with E-state index < -0.39 is 0 Å². The number of nitrogens with one attached hydrogen (secondary N) is 1. The molecule has 0 fully saturated rings. The molecule has 0 spiro atoms. The van der Waals surface area contributed by atoms with E-state index in [1.54, 1.807) is 13.2 Å². The second-order valence-corrected chi connectivity index (χ2v) is 6.29. The van der Waals surface area contributed by atoms with Gasteiger partial charge in [0.05, 0.1) is 25.4 Å². The number of carbonyl (C=O) groups excluding carboxylic acids is 2. The highest BCUT2D eigenvalue weighted by Gasteiger charge is 2.23. The van der Waals surface area contributed by atoms with Crippen molar-refractivity contribution in [2.75, 3.05) is 26.8 Å². The SMILES string of the molecule is COCCNC(=O)c1cc2n(n1)CCN(C(=O)CCc1ccccc1)C2. The maximum atomic E-state index is 12.5. The van der Waals surface area contributed by atoms with Gasteiger partial charge in [0.1, 0.15) is 0 Å². The fraction of sp³-hybridized carbons (Fsp3) is 0.421. The van der Waals surface area contributed by atoms with Crippen molar-refractivity contribution in [2.45, 2.75) is 25.9 Å². The van der Waals surface area contributed by atoms with Crippen LogP contribution in [0.4, 0.5) is 0 Å². The van der Waals surface area contributed by atoms with Gasteiger partial charge in [0.15, 0.2) is 5.69 Å². The van der Waals surface area contributed by atoms with E-state index in [1.165, 1.54) is 0 Å². The highest BCUT2D eigenvalue weighted by molar-refractivity contribution is 5.92. The first kappa shape index (κ1) is 18.1. The molecule has 1 aliphatic rings. The quantitative estimate of drug-likeness (QED) is 0.757. The Morgan fingerprint density at radius 1 is 1.23 bits per heavy atom. The van der Waals surface area contributed by atoms with Gasteiger partial charge in [0.2, 0.25) is 5.91 Å². The lowest BCUT2D eigenvalue weighted by Gasteiger charge is -2.27. The Morgan fingerprint density at radius 2 is 2.04 bits per heavy atom. The maximum absolute atomic E-state index is 12.5. The van der Waals surface area contributed by atoms with E-state index in [2.05, 4.69) is 10.4 Å². The van der Waals surface area contributed by atoms with Gasteiger partial charge < -0.3 is 15.0 Å². The number of ether oxygens (including phenoxy) is 1. The van der Waals surface area contributed by atoms with Gasteiger partial charge in [-0.15, -0.1) is 0 Å². The molecule has 2 heterocycles. The van der Waals surface area contributed by atoms with Crippen LogP contribution in [0.1, 0.15) is 28.2 Å². The first-order valence-corrected chi connectivity index (χ1v) is 8.83. The molecule has 7 nitrogen and oxygen atoms in total. The van der Waals surface area contributed by atoms with Crippen molar-refractivity contribution in [1.82, 2.24) is 20.0 Å². The van der Waals surface area contributed by atoms with E-state index in [0.29, 0.717) is 44.9 Å². The first-order valence-electron chi connectivity index (χ1n) is 8.83. The molecule has 0 saturated carbocycles. The number of hydrogen-bond acceptors (Lipinski definition) is 4. The lowest BCUT2D eigenvalue weighted by molar-refractivity contribution is -0.132. The molecular weight excluding hydrogens is 332 g/mol. The molecule has 0 atom stereocenters. The predicted molar refractivity (Wildman–Crippen MR) is 96.6 cm³/mol. The Labute approximate surface area is 152 Å². The largest absolute Gasteiger partial charge is 0.383 e. The van der Waals surface area contributed by atoms with Crippen molar-refractivity contribution in [2.24, 2.45) is 0 Å². The van der Waals surface area contributed by atoms with E-state index in [-0.39, 0.29) is 11.8 Å². The smallest absolute Gasteiger partial charge is 0.271 e. The van der Waals surface area contributed by atoms with Gasteiger partial charge in [-0.25, -0.2) is 0 Å². The third kappa shape index (κ3) is 4.49. The zero-order valence-corrected chi connectivity index (χ0v) is 15.0. The molecule has 0 radical (unpaired) electrons. The summed E-state index contributed by atoms with van der Waals surface area (Å²) in [6.45, 7) is 2.63. The second-order valence-electron chi connectivity index (χ2n) is 6.29. The van der Waals surface area contributed by atoms with Crippen LogP contribution in [0.5, 0.6) is 0 Å². The number of fused-ring (bicyclic) bond motifs is 1. The predicted octanol–water partition coefficient (Wildman–Crippen LogP) is 1.23. The summed E-state index contributed by atoms with van der Waals surface area (Å²) in [4.78, 5) is 26.4. The van der Waals surface area contributed by atoms with Gasteiger partial charge in [-0.05, 0) is 18.1 Å². The molecule has 7 heteroatoms. The lowest BCUT2D eigenvalue weighted by Crippen LogP contribution is -2.38. The van der Waals surface area contributed by atoms with Gasteiger partial charge in [0.25, 0.3) is 5.91 Å². The van der Waals surface area contributed by atoms with Crippen molar-refractivity contribution < 1.29 is 14.3 Å². The van der Waals surface area contributed by atoms with Crippen molar-refractivity contribution in [1.29, 1.82) is 0 Å². The number of amides is 2. The second kappa shape index (κ2) is 8.62. The summed E-state index contributed by atoms with van der Waals surface area (Å²) in [5.74, 6) is -0.0849. The molecule has 3 rings (SSSR count). The van der Waals surface area contributed by atoms with Crippen molar-refractivity contribution in [3.63, 3.8) is 0 Å². The van der Waals surface area contributed by atoms with Crippen LogP contribution in [-0.2, 0) is 29.0 Å². The van der Waals surface area contributed by atoms with Gasteiger partial charge in [0, 0.05) is 26.6 Å². The minimum Gasteiger partial charge on any atom is -0.383 e. The Kier molecular flexibility index (Phi) is 6.01. The van der Waals surface area contributed by atoms with E-state index >= 15 is 0 Å². The average Bonchev–Trinajstić information content (AvgIpc) is 3.10. The monoisotopic (exact) mass is 356 g/mol. The van der Waals surface area contributed by atoms with Crippen LogP contribution < -0.4 is 5.32 Å². The normalized spacial score (nSPS) is 13.3. The van der Waals surface area contributed by atoms with E-state index in [1.807, 2.05) is 39.9 Å². The molecule has 0 unspecified atom stereocenters. The Bertz CT molecular complexity index is 757. The minimum absolute atomic E-state index is 0.132. The highest BCUT2D eigenvalue weighted by atomic mass is 16.5. The number of aromatic nitrogens is 2. The molecule has 1 aromatic carbocycles. The maximum Gasteiger partial charge on any atom is 0.271 e. The van der Waals surface area contributed by atoms with Crippen molar-refractivity contribution >= 4 is 11.8 Å². The Hall–Kier alpha value is -2.67. The minimum atomic E-state index is -0.217. The number of hydrogen-bond donors (Lipinski definition) is 1. The topological polar surface area (TPSA) is 76.5 Å². The van der Waals surface area contributed by atoms with Crippen LogP contribution in [0.3, 0.4) is 0 Å². The van der Waals surface area contributed by atoms with Crippen LogP contribution in [0, 0.1) is 0 Å². The van der Waals surface area contributed by atoms with E-state index in [9.17, 15) is 9.59 Å². The lowest BCUT2D eigenvalue weighted by atomic mass is 10.1. The van der Waals surface area contributed by atoms with Gasteiger partial charge in [-0.3, -0.25) is 14.3 Å². The van der Waals surface area contributed by atoms with Crippen molar-refractivity contribution in [3.05, 3.63) is 53.3 Å². The van der Waals surface area contributed by atoms with Crippen LogP contribution in [0.2, 0.25) is 0 Å². The third-order valence-corrected chi connectivity index (χ3v) is 4.45. The molecule has 26 heavy (non-hydrogen) atoms. The molecule has 2 amide bonds. The van der Waals surface area contributed by atoms with E-state index in [4.69, 9.17) is 4.74 Å². The first-order chi connectivity index (χ1) is 12.7. The van der Waals surface area contributed by atoms with Gasteiger partial charge >= 0.3 is 0 Å². The number of rotatable bonds is 7. The summed E-state index contributed by atoms with van der Waals surface area (Å²) in [5, 5.41) is 7.10. The molecule has 0 aliphatic carbocycles. The van der Waals surface area contributed by atoms with Crippen LogP contribution in [0.25, 0.3) is 0 Å². The molecule has 1 N–H and O–H groups in total. The summed E-state index contributed by atoms with van der Waals surface area (Å²) in [6.07, 6.45) is 1.23. The molecule has 2 aromatic rings. The molecule has 1 aromatic heterocycles. The molecule has 1 aliphatic heterocycles. The number of benzene rings is 1. The third-order valence-electron chi connectivity index (χ3n) is 4.45. The molecule has 0 bridgehead atoms. The highest BCUT2D eigenvalue weighted by Crippen LogP contribution is 2.15. The van der Waals surface area contributed by atoms with E-state index in [0.717, 1.165) is 17.7 Å². The number of carbonyl (C=O) groups is 2. The average molecular weight is 356 g/mol.